The molecule has 0 bridgehead atoms. The summed E-state index contributed by atoms with van der Waals surface area (Å²) in [7, 11) is 0. The average Bonchev–Trinajstić information content (AvgIpc) is 3.02. The van der Waals surface area contributed by atoms with Crippen molar-refractivity contribution in [3.8, 4) is 11.3 Å². The van der Waals surface area contributed by atoms with Crippen molar-refractivity contribution >= 4 is 17.6 Å². The Bertz CT molecular complexity index is 833. The quantitative estimate of drug-likeness (QED) is 0.661. The highest BCUT2D eigenvalue weighted by atomic mass is 35.5. The van der Waals surface area contributed by atoms with Gasteiger partial charge in [0.05, 0.1) is 16.8 Å². The zero-order chi connectivity index (χ0) is 16.2. The predicted octanol–water partition coefficient (Wildman–Crippen LogP) is 4.49. The SMILES string of the molecule is O=C(OCc1ncc(-c2ccccc2)o1)c1ccc(F)cc1Cl. The van der Waals surface area contributed by atoms with Crippen molar-refractivity contribution in [1.82, 2.24) is 4.98 Å². The maximum Gasteiger partial charge on any atom is 0.340 e. The Hall–Kier alpha value is -2.66. The third-order valence-corrected chi connectivity index (χ3v) is 3.40. The molecular formula is C17H11ClFNO3. The van der Waals surface area contributed by atoms with Gasteiger partial charge in [0, 0.05) is 5.56 Å². The van der Waals surface area contributed by atoms with Crippen LogP contribution in [-0.2, 0) is 11.3 Å². The molecule has 3 rings (SSSR count). The number of hydrogen-bond acceptors (Lipinski definition) is 4. The van der Waals surface area contributed by atoms with Crippen LogP contribution < -0.4 is 0 Å². The lowest BCUT2D eigenvalue weighted by molar-refractivity contribution is 0.0439. The number of carbonyl (C=O) groups excluding carboxylic acids is 1. The van der Waals surface area contributed by atoms with Gasteiger partial charge in [0.2, 0.25) is 5.89 Å². The first-order valence-electron chi connectivity index (χ1n) is 6.76. The van der Waals surface area contributed by atoms with Gasteiger partial charge in [0.25, 0.3) is 0 Å². The lowest BCUT2D eigenvalue weighted by Gasteiger charge is -2.04. The molecule has 0 aliphatic rings. The van der Waals surface area contributed by atoms with Crippen molar-refractivity contribution in [1.29, 1.82) is 0 Å². The zero-order valence-corrected chi connectivity index (χ0v) is 12.6. The second-order valence-corrected chi connectivity index (χ2v) is 5.09. The molecule has 0 saturated heterocycles. The second kappa shape index (κ2) is 6.62. The summed E-state index contributed by atoms with van der Waals surface area (Å²) in [6.07, 6.45) is 1.56. The summed E-state index contributed by atoms with van der Waals surface area (Å²) in [5, 5.41) is -0.00706. The van der Waals surface area contributed by atoms with E-state index >= 15 is 0 Å². The molecule has 0 amide bonds. The molecule has 1 aromatic heterocycles. The number of rotatable bonds is 4. The number of benzene rings is 2. The summed E-state index contributed by atoms with van der Waals surface area (Å²) < 4.78 is 23.6. The largest absolute Gasteiger partial charge is 0.452 e. The molecule has 0 aliphatic carbocycles. The van der Waals surface area contributed by atoms with Crippen LogP contribution >= 0.6 is 11.6 Å². The first-order valence-corrected chi connectivity index (χ1v) is 7.13. The summed E-state index contributed by atoms with van der Waals surface area (Å²) in [4.78, 5) is 16.0. The third kappa shape index (κ3) is 3.57. The smallest absolute Gasteiger partial charge is 0.340 e. The van der Waals surface area contributed by atoms with Crippen LogP contribution in [0.4, 0.5) is 4.39 Å². The number of nitrogens with zero attached hydrogens (tertiary/aromatic N) is 1. The van der Waals surface area contributed by atoms with E-state index in [1.165, 1.54) is 6.07 Å². The predicted molar refractivity (Wildman–Crippen MR) is 82.5 cm³/mol. The van der Waals surface area contributed by atoms with Crippen LogP contribution in [0.2, 0.25) is 5.02 Å². The van der Waals surface area contributed by atoms with Crippen molar-refractivity contribution in [2.75, 3.05) is 0 Å². The highest BCUT2D eigenvalue weighted by Crippen LogP contribution is 2.21. The summed E-state index contributed by atoms with van der Waals surface area (Å²) in [5.74, 6) is -0.354. The van der Waals surface area contributed by atoms with Crippen LogP contribution in [-0.4, -0.2) is 11.0 Å². The number of carbonyl (C=O) groups is 1. The Labute approximate surface area is 136 Å². The molecule has 0 saturated carbocycles. The van der Waals surface area contributed by atoms with E-state index in [9.17, 15) is 9.18 Å². The van der Waals surface area contributed by atoms with E-state index in [2.05, 4.69) is 4.98 Å². The molecule has 0 spiro atoms. The molecule has 23 heavy (non-hydrogen) atoms. The zero-order valence-electron chi connectivity index (χ0n) is 11.8. The molecular weight excluding hydrogens is 321 g/mol. The lowest BCUT2D eigenvalue weighted by atomic mass is 10.2. The van der Waals surface area contributed by atoms with Crippen molar-refractivity contribution in [3.05, 3.63) is 77.0 Å². The summed E-state index contributed by atoms with van der Waals surface area (Å²) in [6, 6.07) is 12.9. The number of ether oxygens (including phenoxy) is 1. The van der Waals surface area contributed by atoms with Gasteiger partial charge in [-0.3, -0.25) is 0 Å². The molecule has 0 unspecified atom stereocenters. The minimum Gasteiger partial charge on any atom is -0.452 e. The number of hydrogen-bond donors (Lipinski definition) is 0. The highest BCUT2D eigenvalue weighted by molar-refractivity contribution is 6.33. The van der Waals surface area contributed by atoms with E-state index in [-0.39, 0.29) is 23.1 Å². The van der Waals surface area contributed by atoms with Gasteiger partial charge in [-0.2, -0.15) is 0 Å². The maximum absolute atomic E-state index is 13.0. The fourth-order valence-electron chi connectivity index (χ4n) is 1.97. The maximum atomic E-state index is 13.0. The van der Waals surface area contributed by atoms with Crippen molar-refractivity contribution in [2.24, 2.45) is 0 Å². The molecule has 0 fully saturated rings. The number of halogens is 2. The van der Waals surface area contributed by atoms with Gasteiger partial charge in [-0.15, -0.1) is 0 Å². The van der Waals surface area contributed by atoms with Crippen molar-refractivity contribution < 1.29 is 18.3 Å². The minimum atomic E-state index is -0.672. The third-order valence-electron chi connectivity index (χ3n) is 3.09. The van der Waals surface area contributed by atoms with E-state index in [1.54, 1.807) is 6.20 Å². The van der Waals surface area contributed by atoms with Gasteiger partial charge < -0.3 is 9.15 Å². The molecule has 4 nitrogen and oxygen atoms in total. The molecule has 0 atom stereocenters. The van der Waals surface area contributed by atoms with Gasteiger partial charge >= 0.3 is 5.97 Å². The Balaban J connectivity index is 1.67. The van der Waals surface area contributed by atoms with Gasteiger partial charge in [-0.05, 0) is 18.2 Å². The van der Waals surface area contributed by atoms with Crippen LogP contribution in [0, 0.1) is 5.82 Å². The lowest BCUT2D eigenvalue weighted by Crippen LogP contribution is -2.06. The van der Waals surface area contributed by atoms with Gasteiger partial charge in [-0.1, -0.05) is 41.9 Å². The Kier molecular flexibility index (Phi) is 4.39. The van der Waals surface area contributed by atoms with E-state index in [0.29, 0.717) is 5.76 Å². The second-order valence-electron chi connectivity index (χ2n) is 4.68. The van der Waals surface area contributed by atoms with Gasteiger partial charge in [0.15, 0.2) is 12.4 Å². The summed E-state index contributed by atoms with van der Waals surface area (Å²) in [6.45, 7) is -0.140. The molecule has 116 valence electrons. The van der Waals surface area contributed by atoms with E-state index < -0.39 is 11.8 Å². The molecule has 0 N–H and O–H groups in total. The Morgan fingerprint density at radius 3 is 2.74 bits per heavy atom. The van der Waals surface area contributed by atoms with Crippen LogP contribution in [0.25, 0.3) is 11.3 Å². The van der Waals surface area contributed by atoms with Crippen LogP contribution in [0.15, 0.2) is 59.1 Å². The number of oxazole rings is 1. The van der Waals surface area contributed by atoms with E-state index in [4.69, 9.17) is 20.8 Å². The highest BCUT2D eigenvalue weighted by Gasteiger charge is 2.14. The van der Waals surface area contributed by atoms with Crippen LogP contribution in [0.1, 0.15) is 16.2 Å². The molecule has 1 heterocycles. The van der Waals surface area contributed by atoms with Crippen molar-refractivity contribution in [2.45, 2.75) is 6.61 Å². The first-order chi connectivity index (χ1) is 11.1. The summed E-state index contributed by atoms with van der Waals surface area (Å²) in [5.41, 5.74) is 0.960. The van der Waals surface area contributed by atoms with Crippen molar-refractivity contribution in [3.63, 3.8) is 0 Å². The summed E-state index contributed by atoms with van der Waals surface area (Å²) >= 11 is 5.81. The monoisotopic (exact) mass is 331 g/mol. The molecule has 6 heteroatoms. The molecule has 3 aromatic rings. The number of aromatic nitrogens is 1. The topological polar surface area (TPSA) is 52.3 Å². The molecule has 2 aromatic carbocycles. The molecule has 0 radical (unpaired) electrons. The Morgan fingerprint density at radius 2 is 2.00 bits per heavy atom. The van der Waals surface area contributed by atoms with Crippen LogP contribution in [0.3, 0.4) is 0 Å². The first kappa shape index (κ1) is 15.2. The average molecular weight is 332 g/mol. The van der Waals surface area contributed by atoms with E-state index in [1.807, 2.05) is 30.3 Å². The van der Waals surface area contributed by atoms with Gasteiger partial charge in [-0.25, -0.2) is 14.2 Å². The number of esters is 1. The van der Waals surface area contributed by atoms with Gasteiger partial charge in [0.1, 0.15) is 5.82 Å². The Morgan fingerprint density at radius 1 is 1.22 bits per heavy atom. The van der Waals surface area contributed by atoms with E-state index in [0.717, 1.165) is 17.7 Å². The fraction of sp³-hybridized carbons (Fsp3) is 0.0588. The van der Waals surface area contributed by atoms with Crippen LogP contribution in [0.5, 0.6) is 0 Å². The fourth-order valence-corrected chi connectivity index (χ4v) is 2.22. The normalized spacial score (nSPS) is 10.5. The molecule has 0 aliphatic heterocycles. The standard InChI is InChI=1S/C17H11ClFNO3/c18-14-8-12(19)6-7-13(14)17(21)22-10-16-20-9-15(23-16)11-4-2-1-3-5-11/h1-9H,10H2. The minimum absolute atomic E-state index is 0.00706.